The van der Waals surface area contributed by atoms with Crippen molar-refractivity contribution >= 4 is 17.1 Å². The number of hydrogen-bond donors (Lipinski definition) is 8. The van der Waals surface area contributed by atoms with E-state index in [1.54, 1.807) is 6.08 Å². The Morgan fingerprint density at radius 1 is 0.732 bits per heavy atom. The summed E-state index contributed by atoms with van der Waals surface area (Å²) < 4.78 is 0. The number of hydrogen-bond acceptors (Lipinski definition) is 10. The molecule has 0 amide bonds. The molecule has 0 bridgehead atoms. The Balaban J connectivity index is 1.57. The Bertz CT molecular complexity index is 2400. The van der Waals surface area contributed by atoms with Gasteiger partial charge < -0.3 is 40.9 Å². The molecular formula is C46H46O10. The van der Waals surface area contributed by atoms with Gasteiger partial charge in [-0.3, -0.25) is 9.59 Å². The largest absolute Gasteiger partial charge is 0.508 e. The van der Waals surface area contributed by atoms with Gasteiger partial charge in [-0.15, -0.1) is 0 Å². The van der Waals surface area contributed by atoms with Gasteiger partial charge in [-0.05, 0) is 113 Å². The van der Waals surface area contributed by atoms with Gasteiger partial charge in [-0.2, -0.15) is 0 Å². The predicted molar refractivity (Wildman–Crippen MR) is 213 cm³/mol. The lowest BCUT2D eigenvalue weighted by atomic mass is 9.64. The Morgan fingerprint density at radius 2 is 1.38 bits per heavy atom. The van der Waals surface area contributed by atoms with Crippen LogP contribution >= 0.6 is 0 Å². The van der Waals surface area contributed by atoms with Crippen LogP contribution in [0, 0.1) is 5.92 Å². The van der Waals surface area contributed by atoms with Crippen LogP contribution in [0.15, 0.2) is 95.1 Å². The van der Waals surface area contributed by atoms with E-state index in [-0.39, 0.29) is 76.7 Å². The van der Waals surface area contributed by atoms with E-state index < -0.39 is 46.6 Å². The molecule has 6 rings (SSSR count). The molecule has 3 atom stereocenters. The van der Waals surface area contributed by atoms with Crippen molar-refractivity contribution in [2.24, 2.45) is 5.92 Å². The van der Waals surface area contributed by atoms with Crippen molar-refractivity contribution in [3.8, 4) is 46.0 Å². The number of benzene rings is 4. The molecule has 4 aromatic carbocycles. The molecule has 290 valence electrons. The van der Waals surface area contributed by atoms with Crippen molar-refractivity contribution in [2.45, 2.75) is 72.1 Å². The number of rotatable bonds is 9. The summed E-state index contributed by atoms with van der Waals surface area (Å²) in [5.74, 6) is -6.78. The molecule has 0 radical (unpaired) electrons. The van der Waals surface area contributed by atoms with E-state index in [4.69, 9.17) is 0 Å². The minimum atomic E-state index is -1.19. The predicted octanol–water partition coefficient (Wildman–Crippen LogP) is 9.11. The monoisotopic (exact) mass is 758 g/mol. The molecular weight excluding hydrogens is 712 g/mol. The summed E-state index contributed by atoms with van der Waals surface area (Å²) in [6.07, 6.45) is 6.15. The van der Waals surface area contributed by atoms with E-state index in [0.29, 0.717) is 27.8 Å². The van der Waals surface area contributed by atoms with Crippen LogP contribution in [0.2, 0.25) is 0 Å². The van der Waals surface area contributed by atoms with Gasteiger partial charge in [0.15, 0.2) is 11.6 Å². The first-order valence-electron chi connectivity index (χ1n) is 18.4. The van der Waals surface area contributed by atoms with Gasteiger partial charge in [0, 0.05) is 52.7 Å². The zero-order valence-corrected chi connectivity index (χ0v) is 31.9. The average Bonchev–Trinajstić information content (AvgIpc) is 3.10. The zero-order chi connectivity index (χ0) is 40.7. The molecule has 0 aromatic heterocycles. The minimum absolute atomic E-state index is 0.0362. The highest BCUT2D eigenvalue weighted by Crippen LogP contribution is 2.55. The summed E-state index contributed by atoms with van der Waals surface area (Å²) in [6.45, 7) is 9.34. The molecule has 56 heavy (non-hydrogen) atoms. The van der Waals surface area contributed by atoms with Gasteiger partial charge in [0.1, 0.15) is 46.0 Å². The number of fused-ring (bicyclic) bond motifs is 1. The number of allylic oxidation sites excluding steroid dienone is 8. The summed E-state index contributed by atoms with van der Waals surface area (Å²) >= 11 is 0. The lowest BCUT2D eigenvalue weighted by Crippen LogP contribution is -2.32. The van der Waals surface area contributed by atoms with Crippen LogP contribution in [0.4, 0.5) is 0 Å². The van der Waals surface area contributed by atoms with Crippen LogP contribution in [0.5, 0.6) is 46.0 Å². The number of phenols is 8. The lowest BCUT2D eigenvalue weighted by Gasteiger charge is -2.38. The molecule has 2 aliphatic rings. The molecule has 0 saturated heterocycles. The highest BCUT2D eigenvalue weighted by atomic mass is 16.3. The van der Waals surface area contributed by atoms with E-state index in [9.17, 15) is 45.6 Å². The Morgan fingerprint density at radius 3 is 2.02 bits per heavy atom. The van der Waals surface area contributed by atoms with Gasteiger partial charge in [0.2, 0.25) is 0 Å². The number of ketones is 2. The molecule has 10 heteroatoms. The summed E-state index contributed by atoms with van der Waals surface area (Å²) in [7, 11) is 0. The van der Waals surface area contributed by atoms with Gasteiger partial charge in [0.05, 0.1) is 11.1 Å². The fourth-order valence-electron chi connectivity index (χ4n) is 8.02. The maximum absolute atomic E-state index is 15.0. The van der Waals surface area contributed by atoms with Crippen LogP contribution in [-0.4, -0.2) is 52.4 Å². The molecule has 3 unspecified atom stereocenters. The lowest BCUT2D eigenvalue weighted by molar-refractivity contribution is 0.0876. The maximum Gasteiger partial charge on any atom is 0.193 e. The molecule has 4 aromatic rings. The van der Waals surface area contributed by atoms with Crippen LogP contribution < -0.4 is 0 Å². The number of phenolic OH excluding ortho intramolecular Hbond substituents is 8. The summed E-state index contributed by atoms with van der Waals surface area (Å²) in [6, 6.07) is 12.0. The van der Waals surface area contributed by atoms with Crippen LogP contribution in [0.3, 0.4) is 0 Å². The molecule has 2 aliphatic carbocycles. The average molecular weight is 759 g/mol. The standard InChI is InChI=1S/C46H46O10/c1-22(2)6-8-25-16-34(39(52)21-36(25)49)45(55)42-33(30-13-10-28(48)20-38(30)51)14-24(5)15-35(42)43-40(53)18-26-17-32(29-12-9-27(47)19-37(29)50)31(11-7-23(3)4)44(54)41(26)46(43)56/h6-7,9-10,12-13,15-16,18-21,33,35,42,47-53,56H,8,11,14,17H2,1-5H3. The Labute approximate surface area is 325 Å². The van der Waals surface area contributed by atoms with E-state index in [1.807, 2.05) is 46.8 Å². The third-order valence-corrected chi connectivity index (χ3v) is 10.7. The van der Waals surface area contributed by atoms with Crippen molar-refractivity contribution in [1.82, 2.24) is 0 Å². The SMILES string of the molecule is CC(C)=CCC1=C(c2ccc(O)cc2O)Cc2cc(O)c(C3C=C(C)CC(c4ccc(O)cc4O)C3C(=O)c3cc(CC=C(C)C)c(O)cc3O)c(O)c2C1=O. The van der Waals surface area contributed by atoms with Crippen molar-refractivity contribution in [2.75, 3.05) is 0 Å². The smallest absolute Gasteiger partial charge is 0.193 e. The number of carbonyl (C=O) groups excluding carboxylic acids is 2. The normalized spacial score (nSPS) is 17.9. The molecule has 0 saturated carbocycles. The van der Waals surface area contributed by atoms with Crippen molar-refractivity contribution in [3.05, 3.63) is 134 Å². The first kappa shape index (κ1) is 39.3. The van der Waals surface area contributed by atoms with Crippen molar-refractivity contribution in [3.63, 3.8) is 0 Å². The molecule has 8 N–H and O–H groups in total. The van der Waals surface area contributed by atoms with E-state index in [1.165, 1.54) is 42.5 Å². The summed E-state index contributed by atoms with van der Waals surface area (Å²) in [4.78, 5) is 29.6. The summed E-state index contributed by atoms with van der Waals surface area (Å²) in [5.41, 5.74) is 4.38. The third-order valence-electron chi connectivity index (χ3n) is 10.7. The molecule has 0 fully saturated rings. The third kappa shape index (κ3) is 7.47. The molecule has 0 aliphatic heterocycles. The van der Waals surface area contributed by atoms with Gasteiger partial charge in [0.25, 0.3) is 0 Å². The fraction of sp³-hybridized carbons (Fsp3) is 0.261. The Hall–Kier alpha value is -6.42. The first-order valence-corrected chi connectivity index (χ1v) is 18.4. The molecule has 0 heterocycles. The molecule has 10 nitrogen and oxygen atoms in total. The van der Waals surface area contributed by atoms with E-state index in [0.717, 1.165) is 28.9 Å². The maximum atomic E-state index is 15.0. The molecule has 0 spiro atoms. The van der Waals surface area contributed by atoms with E-state index >= 15 is 4.79 Å². The zero-order valence-electron chi connectivity index (χ0n) is 31.9. The fourth-order valence-corrected chi connectivity index (χ4v) is 8.02. The van der Waals surface area contributed by atoms with Gasteiger partial charge in [-0.25, -0.2) is 0 Å². The van der Waals surface area contributed by atoms with Crippen LogP contribution in [-0.2, 0) is 12.8 Å². The highest BCUT2D eigenvalue weighted by Gasteiger charge is 2.44. The highest BCUT2D eigenvalue weighted by molar-refractivity contribution is 6.18. The number of carbonyl (C=O) groups is 2. The van der Waals surface area contributed by atoms with Gasteiger partial charge >= 0.3 is 0 Å². The number of aromatic hydroxyl groups is 8. The Kier molecular flexibility index (Phi) is 10.8. The minimum Gasteiger partial charge on any atom is -0.508 e. The second kappa shape index (κ2) is 15.4. The number of Topliss-reactive ketones (excluding diaryl/α,β-unsaturated/α-hetero) is 2. The van der Waals surface area contributed by atoms with Crippen molar-refractivity contribution in [1.29, 1.82) is 0 Å². The summed E-state index contributed by atoms with van der Waals surface area (Å²) in [5, 5.41) is 88.0. The quantitative estimate of drug-likeness (QED) is 0.0602. The second-order valence-electron chi connectivity index (χ2n) is 15.3. The first-order chi connectivity index (χ1) is 26.5. The van der Waals surface area contributed by atoms with Crippen LogP contribution in [0.1, 0.15) is 108 Å². The van der Waals surface area contributed by atoms with Crippen molar-refractivity contribution < 1.29 is 50.4 Å². The van der Waals surface area contributed by atoms with Crippen LogP contribution in [0.25, 0.3) is 5.57 Å². The topological polar surface area (TPSA) is 196 Å². The van der Waals surface area contributed by atoms with Gasteiger partial charge in [-0.1, -0.05) is 41.0 Å². The van der Waals surface area contributed by atoms with E-state index in [2.05, 4.69) is 0 Å². The second-order valence-corrected chi connectivity index (χ2v) is 15.3.